The first-order valence-corrected chi connectivity index (χ1v) is 9.15. The van der Waals surface area contributed by atoms with Gasteiger partial charge >= 0.3 is 0 Å². The molecule has 0 atom stereocenters. The molecule has 2 heterocycles. The van der Waals surface area contributed by atoms with Crippen LogP contribution in [0.3, 0.4) is 0 Å². The zero-order valence-electron chi connectivity index (χ0n) is 16.2. The molecule has 148 valence electrons. The van der Waals surface area contributed by atoms with Gasteiger partial charge in [-0.1, -0.05) is 18.2 Å². The van der Waals surface area contributed by atoms with Gasteiger partial charge in [0.1, 0.15) is 11.6 Å². The quantitative estimate of drug-likeness (QED) is 0.493. The van der Waals surface area contributed by atoms with Crippen LogP contribution in [-0.4, -0.2) is 21.8 Å². The second-order valence-corrected chi connectivity index (χ2v) is 6.80. The minimum Gasteiger partial charge on any atom is -0.361 e. The Morgan fingerprint density at radius 2 is 1.86 bits per heavy atom. The lowest BCUT2D eigenvalue weighted by Crippen LogP contribution is -2.42. The van der Waals surface area contributed by atoms with Crippen LogP contribution in [0.5, 0.6) is 0 Å². The van der Waals surface area contributed by atoms with Gasteiger partial charge in [0.05, 0.1) is 6.42 Å². The Balaban J connectivity index is 1.55. The highest BCUT2D eigenvalue weighted by Gasteiger charge is 2.14. The van der Waals surface area contributed by atoms with Crippen molar-refractivity contribution in [3.05, 3.63) is 68.8 Å². The number of nitrogens with zero attached hydrogens (tertiary/aromatic N) is 1. The minimum absolute atomic E-state index is 0.0537. The van der Waals surface area contributed by atoms with Crippen LogP contribution in [-0.2, 0) is 22.4 Å². The minimum atomic E-state index is -0.430. The molecular weight excluding hydrogens is 370 g/mol. The summed E-state index contributed by atoms with van der Waals surface area (Å²) in [6, 6.07) is 9.56. The van der Waals surface area contributed by atoms with Crippen molar-refractivity contribution < 1.29 is 9.59 Å². The molecule has 8 nitrogen and oxygen atoms in total. The average Bonchev–Trinajstić information content (AvgIpc) is 3.09. The number of fused-ring (bicyclic) bond motifs is 1. The summed E-state index contributed by atoms with van der Waals surface area (Å²) in [5, 5.41) is 10.1. The molecule has 0 aliphatic carbocycles. The first-order chi connectivity index (χ1) is 13.9. The Labute approximate surface area is 166 Å². The first-order valence-electron chi connectivity index (χ1n) is 9.15. The number of para-hydroxylation sites is 1. The number of nitriles is 1. The van der Waals surface area contributed by atoms with E-state index in [9.17, 15) is 14.4 Å². The number of hydrogen-bond acceptors (Lipinski definition) is 4. The lowest BCUT2D eigenvalue weighted by molar-refractivity contribution is -0.128. The van der Waals surface area contributed by atoms with E-state index in [1.807, 2.05) is 30.3 Å². The number of pyridine rings is 1. The van der Waals surface area contributed by atoms with Crippen molar-refractivity contribution >= 4 is 22.7 Å². The van der Waals surface area contributed by atoms with Gasteiger partial charge in [0.25, 0.3) is 5.56 Å². The summed E-state index contributed by atoms with van der Waals surface area (Å²) >= 11 is 0. The molecule has 0 bridgehead atoms. The predicted molar refractivity (Wildman–Crippen MR) is 108 cm³/mol. The SMILES string of the molecule is Cc1[nH]c(=O)c(C#N)c(C)c1CCC(=O)NNC(=O)Cc1c[nH]c2ccccc12. The van der Waals surface area contributed by atoms with E-state index in [1.165, 1.54) is 0 Å². The molecule has 0 aliphatic rings. The van der Waals surface area contributed by atoms with E-state index in [-0.39, 0.29) is 30.2 Å². The summed E-state index contributed by atoms with van der Waals surface area (Å²) in [6.07, 6.45) is 2.35. The fourth-order valence-corrected chi connectivity index (χ4v) is 3.36. The van der Waals surface area contributed by atoms with Crippen molar-refractivity contribution in [2.75, 3.05) is 0 Å². The van der Waals surface area contributed by atoms with Gasteiger partial charge in [-0.25, -0.2) is 0 Å². The molecular formula is C21H21N5O3. The number of aromatic nitrogens is 2. The lowest BCUT2D eigenvalue weighted by atomic mass is 9.99. The maximum Gasteiger partial charge on any atom is 0.266 e. The zero-order valence-corrected chi connectivity index (χ0v) is 16.2. The van der Waals surface area contributed by atoms with E-state index in [4.69, 9.17) is 5.26 Å². The van der Waals surface area contributed by atoms with Crippen molar-refractivity contribution in [1.82, 2.24) is 20.8 Å². The molecule has 8 heteroatoms. The predicted octanol–water partition coefficient (Wildman–Crippen LogP) is 1.67. The van der Waals surface area contributed by atoms with E-state index in [0.717, 1.165) is 22.0 Å². The number of carbonyl (C=O) groups excluding carboxylic acids is 2. The maximum absolute atomic E-state index is 12.1. The number of H-pyrrole nitrogens is 2. The standard InChI is InChI=1S/C21H21N5O3/c1-12-15(13(2)24-21(29)17(12)10-22)7-8-19(27)25-26-20(28)9-14-11-23-18-6-4-3-5-16(14)18/h3-6,11,23H,7-9H2,1-2H3,(H,24,29)(H,25,27)(H,26,28). The Morgan fingerprint density at radius 3 is 2.62 bits per heavy atom. The molecule has 0 saturated carbocycles. The van der Waals surface area contributed by atoms with Crippen molar-refractivity contribution in [1.29, 1.82) is 5.26 Å². The molecule has 2 aromatic heterocycles. The van der Waals surface area contributed by atoms with E-state index in [1.54, 1.807) is 20.0 Å². The Kier molecular flexibility index (Phi) is 5.79. The van der Waals surface area contributed by atoms with E-state index in [0.29, 0.717) is 17.7 Å². The molecule has 0 aliphatic heterocycles. The largest absolute Gasteiger partial charge is 0.361 e. The molecule has 3 rings (SSSR count). The summed E-state index contributed by atoms with van der Waals surface area (Å²) in [7, 11) is 0. The monoisotopic (exact) mass is 391 g/mol. The van der Waals surface area contributed by atoms with Crippen LogP contribution in [0.1, 0.15) is 34.4 Å². The molecule has 29 heavy (non-hydrogen) atoms. The van der Waals surface area contributed by atoms with Crippen LogP contribution in [0, 0.1) is 25.2 Å². The van der Waals surface area contributed by atoms with E-state index in [2.05, 4.69) is 20.8 Å². The Morgan fingerprint density at radius 1 is 1.14 bits per heavy atom. The number of hydrazine groups is 1. The summed E-state index contributed by atoms with van der Waals surface area (Å²) in [4.78, 5) is 41.8. The number of benzene rings is 1. The smallest absolute Gasteiger partial charge is 0.266 e. The van der Waals surface area contributed by atoms with Crippen LogP contribution in [0.2, 0.25) is 0 Å². The number of amides is 2. The third-order valence-electron chi connectivity index (χ3n) is 4.89. The van der Waals surface area contributed by atoms with E-state index < -0.39 is 5.56 Å². The first kappa shape index (κ1) is 19.9. The molecule has 3 aromatic rings. The zero-order chi connectivity index (χ0) is 21.0. The second kappa shape index (κ2) is 8.44. The van der Waals surface area contributed by atoms with Crippen LogP contribution < -0.4 is 16.4 Å². The topological polar surface area (TPSA) is 131 Å². The lowest BCUT2D eigenvalue weighted by Gasteiger charge is -2.11. The van der Waals surface area contributed by atoms with Gasteiger partial charge in [-0.15, -0.1) is 0 Å². The summed E-state index contributed by atoms with van der Waals surface area (Å²) in [5.41, 5.74) is 8.19. The van der Waals surface area contributed by atoms with Gasteiger partial charge in [0.15, 0.2) is 0 Å². The van der Waals surface area contributed by atoms with Crippen LogP contribution in [0.4, 0.5) is 0 Å². The van der Waals surface area contributed by atoms with Crippen LogP contribution >= 0.6 is 0 Å². The van der Waals surface area contributed by atoms with Crippen molar-refractivity contribution in [2.45, 2.75) is 33.1 Å². The Bertz CT molecular complexity index is 1180. The number of aromatic amines is 2. The fourth-order valence-electron chi connectivity index (χ4n) is 3.36. The van der Waals surface area contributed by atoms with Crippen molar-refractivity contribution in [3.8, 4) is 6.07 Å². The Hall–Kier alpha value is -3.86. The van der Waals surface area contributed by atoms with Gasteiger partial charge in [-0.05, 0) is 43.0 Å². The van der Waals surface area contributed by atoms with Gasteiger partial charge in [-0.3, -0.25) is 25.2 Å². The van der Waals surface area contributed by atoms with E-state index >= 15 is 0 Å². The third kappa shape index (κ3) is 4.35. The normalized spacial score (nSPS) is 10.5. The number of rotatable bonds is 5. The number of nitrogens with one attached hydrogen (secondary N) is 4. The molecule has 0 radical (unpaired) electrons. The third-order valence-corrected chi connectivity index (χ3v) is 4.89. The van der Waals surface area contributed by atoms with Gasteiger partial charge in [0.2, 0.25) is 11.8 Å². The van der Waals surface area contributed by atoms with Gasteiger partial charge in [0, 0.05) is 29.2 Å². The van der Waals surface area contributed by atoms with Crippen LogP contribution in [0.15, 0.2) is 35.3 Å². The molecule has 2 amide bonds. The van der Waals surface area contributed by atoms with Gasteiger partial charge < -0.3 is 9.97 Å². The molecule has 0 spiro atoms. The summed E-state index contributed by atoms with van der Waals surface area (Å²) in [6.45, 7) is 3.42. The molecule has 1 aromatic carbocycles. The van der Waals surface area contributed by atoms with Crippen molar-refractivity contribution in [2.24, 2.45) is 0 Å². The fraction of sp³-hybridized carbons (Fsp3) is 0.238. The molecule has 0 saturated heterocycles. The summed E-state index contributed by atoms with van der Waals surface area (Å²) in [5.74, 6) is -0.688. The number of hydrogen-bond donors (Lipinski definition) is 4. The van der Waals surface area contributed by atoms with Crippen molar-refractivity contribution in [3.63, 3.8) is 0 Å². The molecule has 0 unspecified atom stereocenters. The van der Waals surface area contributed by atoms with Crippen LogP contribution in [0.25, 0.3) is 10.9 Å². The second-order valence-electron chi connectivity index (χ2n) is 6.80. The maximum atomic E-state index is 12.1. The number of carbonyl (C=O) groups is 2. The summed E-state index contributed by atoms with van der Waals surface area (Å²) < 4.78 is 0. The average molecular weight is 391 g/mol. The molecule has 0 fully saturated rings. The molecule has 4 N–H and O–H groups in total. The highest BCUT2D eigenvalue weighted by Crippen LogP contribution is 2.18. The highest BCUT2D eigenvalue weighted by atomic mass is 16.2. The number of aryl methyl sites for hydroxylation is 1. The highest BCUT2D eigenvalue weighted by molar-refractivity contribution is 5.89. The van der Waals surface area contributed by atoms with Gasteiger partial charge in [-0.2, -0.15) is 5.26 Å².